The molecule has 2 heterocycles. The lowest BCUT2D eigenvalue weighted by atomic mass is 10.1. The first-order chi connectivity index (χ1) is 13.1. The number of fused-ring (bicyclic) bond motifs is 1. The Kier molecular flexibility index (Phi) is 4.46. The number of carbonyl (C=O) groups is 2. The van der Waals surface area contributed by atoms with Gasteiger partial charge >= 0.3 is 0 Å². The molecule has 6 heteroatoms. The average Bonchev–Trinajstić information content (AvgIpc) is 3.12. The van der Waals surface area contributed by atoms with Gasteiger partial charge in [0, 0.05) is 41.8 Å². The Bertz CT molecular complexity index is 1070. The summed E-state index contributed by atoms with van der Waals surface area (Å²) < 4.78 is 0. The van der Waals surface area contributed by atoms with Gasteiger partial charge in [0.25, 0.3) is 11.5 Å². The van der Waals surface area contributed by atoms with Crippen LogP contribution in [0.5, 0.6) is 0 Å². The van der Waals surface area contributed by atoms with Gasteiger partial charge in [0.1, 0.15) is 0 Å². The molecule has 1 aromatic heterocycles. The van der Waals surface area contributed by atoms with Crippen LogP contribution in [0.4, 0.5) is 5.69 Å². The predicted octanol–water partition coefficient (Wildman–Crippen LogP) is 2.58. The highest BCUT2D eigenvalue weighted by molar-refractivity contribution is 5.97. The van der Waals surface area contributed by atoms with Gasteiger partial charge in [-0.2, -0.15) is 0 Å². The molecular formula is C21H19N3O3. The van der Waals surface area contributed by atoms with Crippen molar-refractivity contribution in [2.45, 2.75) is 19.4 Å². The summed E-state index contributed by atoms with van der Waals surface area (Å²) >= 11 is 0. The molecule has 4 rings (SSSR count). The molecule has 6 nitrogen and oxygen atoms in total. The van der Waals surface area contributed by atoms with Gasteiger partial charge in [-0.1, -0.05) is 18.2 Å². The number of H-pyrrole nitrogens is 1. The third kappa shape index (κ3) is 3.46. The van der Waals surface area contributed by atoms with Crippen molar-refractivity contribution in [2.24, 2.45) is 0 Å². The number of para-hydroxylation sites is 1. The number of carbonyl (C=O) groups excluding carboxylic acids is 2. The van der Waals surface area contributed by atoms with E-state index in [1.54, 1.807) is 35.2 Å². The Morgan fingerprint density at radius 3 is 2.59 bits per heavy atom. The van der Waals surface area contributed by atoms with Crippen LogP contribution in [0, 0.1) is 0 Å². The molecule has 0 radical (unpaired) electrons. The summed E-state index contributed by atoms with van der Waals surface area (Å²) in [5.41, 5.74) is 2.35. The summed E-state index contributed by atoms with van der Waals surface area (Å²) in [5.74, 6) is -0.149. The molecule has 0 bridgehead atoms. The van der Waals surface area contributed by atoms with Crippen molar-refractivity contribution < 1.29 is 9.59 Å². The number of hydrogen-bond acceptors (Lipinski definition) is 3. The van der Waals surface area contributed by atoms with Crippen LogP contribution in [0.2, 0.25) is 0 Å². The van der Waals surface area contributed by atoms with Crippen LogP contribution >= 0.6 is 0 Å². The smallest absolute Gasteiger partial charge is 0.253 e. The first-order valence-electron chi connectivity index (χ1n) is 8.91. The highest BCUT2D eigenvalue weighted by Crippen LogP contribution is 2.21. The van der Waals surface area contributed by atoms with Gasteiger partial charge in [0.2, 0.25) is 5.91 Å². The number of hydrogen-bond donors (Lipinski definition) is 2. The Morgan fingerprint density at radius 1 is 1.07 bits per heavy atom. The number of aromatic nitrogens is 1. The second-order valence-electron chi connectivity index (χ2n) is 6.59. The maximum Gasteiger partial charge on any atom is 0.253 e. The molecule has 1 aliphatic heterocycles. The van der Waals surface area contributed by atoms with Crippen LogP contribution in [0.25, 0.3) is 10.9 Å². The van der Waals surface area contributed by atoms with Crippen molar-refractivity contribution in [3.63, 3.8) is 0 Å². The fraction of sp³-hybridized carbons (Fsp3) is 0.190. The highest BCUT2D eigenvalue weighted by Gasteiger charge is 2.21. The van der Waals surface area contributed by atoms with Crippen LogP contribution in [0.15, 0.2) is 59.4 Å². The number of aromatic amines is 1. The summed E-state index contributed by atoms with van der Waals surface area (Å²) in [6.45, 7) is 0.862. The van der Waals surface area contributed by atoms with Gasteiger partial charge in [0.15, 0.2) is 0 Å². The monoisotopic (exact) mass is 361 g/mol. The quantitative estimate of drug-likeness (QED) is 0.749. The molecule has 0 unspecified atom stereocenters. The normalized spacial score (nSPS) is 13.9. The molecule has 0 atom stereocenters. The van der Waals surface area contributed by atoms with E-state index >= 15 is 0 Å². The Morgan fingerprint density at radius 2 is 1.85 bits per heavy atom. The fourth-order valence-corrected chi connectivity index (χ4v) is 3.32. The molecule has 2 aromatic carbocycles. The SMILES string of the molecule is O=C(NCc1cc2ccccc2[nH]c1=O)c1ccc(N2CCCC2=O)cc1. The zero-order valence-electron chi connectivity index (χ0n) is 14.7. The maximum absolute atomic E-state index is 12.4. The third-order valence-electron chi connectivity index (χ3n) is 4.78. The van der Waals surface area contributed by atoms with Gasteiger partial charge in [-0.3, -0.25) is 14.4 Å². The fourth-order valence-electron chi connectivity index (χ4n) is 3.32. The molecule has 1 fully saturated rings. The van der Waals surface area contributed by atoms with E-state index in [2.05, 4.69) is 10.3 Å². The zero-order valence-corrected chi connectivity index (χ0v) is 14.7. The van der Waals surface area contributed by atoms with Gasteiger partial charge in [-0.05, 0) is 48.2 Å². The third-order valence-corrected chi connectivity index (χ3v) is 4.78. The van der Waals surface area contributed by atoms with Crippen molar-refractivity contribution in [1.29, 1.82) is 0 Å². The number of pyridine rings is 1. The van der Waals surface area contributed by atoms with Gasteiger partial charge in [-0.25, -0.2) is 0 Å². The van der Waals surface area contributed by atoms with Gasteiger partial charge < -0.3 is 15.2 Å². The number of nitrogens with zero attached hydrogens (tertiary/aromatic N) is 1. The number of nitrogens with one attached hydrogen (secondary N) is 2. The van der Waals surface area contributed by atoms with E-state index in [1.807, 2.05) is 24.3 Å². The molecular weight excluding hydrogens is 342 g/mol. The molecule has 3 aromatic rings. The van der Waals surface area contributed by atoms with E-state index < -0.39 is 0 Å². The minimum absolute atomic E-state index is 0.114. The zero-order chi connectivity index (χ0) is 18.8. The van der Waals surface area contributed by atoms with Crippen LogP contribution in [-0.2, 0) is 11.3 Å². The van der Waals surface area contributed by atoms with Crippen molar-refractivity contribution in [3.05, 3.63) is 76.1 Å². The highest BCUT2D eigenvalue weighted by atomic mass is 16.2. The summed E-state index contributed by atoms with van der Waals surface area (Å²) in [5, 5.41) is 3.70. The Labute approximate surface area is 155 Å². The summed E-state index contributed by atoms with van der Waals surface area (Å²) in [6, 6.07) is 16.2. The van der Waals surface area contributed by atoms with Gasteiger partial charge in [0.05, 0.1) is 0 Å². The minimum Gasteiger partial charge on any atom is -0.348 e. The molecule has 2 amide bonds. The Hall–Kier alpha value is -3.41. The van der Waals surface area contributed by atoms with E-state index in [9.17, 15) is 14.4 Å². The summed E-state index contributed by atoms with van der Waals surface area (Å²) in [4.78, 5) is 40.9. The molecule has 27 heavy (non-hydrogen) atoms. The van der Waals surface area contributed by atoms with Crippen LogP contribution < -0.4 is 15.8 Å². The van der Waals surface area contributed by atoms with Crippen LogP contribution in [0.3, 0.4) is 0 Å². The second-order valence-corrected chi connectivity index (χ2v) is 6.59. The Balaban J connectivity index is 1.46. The number of anilines is 1. The number of rotatable bonds is 4. The predicted molar refractivity (Wildman–Crippen MR) is 104 cm³/mol. The molecule has 136 valence electrons. The molecule has 1 saturated heterocycles. The lowest BCUT2D eigenvalue weighted by Crippen LogP contribution is -2.27. The summed E-state index contributed by atoms with van der Waals surface area (Å²) in [6.07, 6.45) is 1.43. The first-order valence-corrected chi connectivity index (χ1v) is 8.91. The standard InChI is InChI=1S/C21H19N3O3/c25-19-6-3-11-24(19)17-9-7-14(8-10-17)20(26)22-13-16-12-15-4-1-2-5-18(15)23-21(16)27/h1-2,4-5,7-10,12H,3,6,11,13H2,(H,22,26)(H,23,27). The van der Waals surface area contributed by atoms with Gasteiger partial charge in [-0.15, -0.1) is 0 Å². The molecule has 1 aliphatic rings. The van der Waals surface area contributed by atoms with E-state index in [-0.39, 0.29) is 23.9 Å². The molecule has 0 aliphatic carbocycles. The first kappa shape index (κ1) is 17.0. The maximum atomic E-state index is 12.4. The lowest BCUT2D eigenvalue weighted by Gasteiger charge is -2.15. The minimum atomic E-state index is -0.262. The second kappa shape index (κ2) is 7.07. The summed E-state index contributed by atoms with van der Waals surface area (Å²) in [7, 11) is 0. The average molecular weight is 361 g/mol. The van der Waals surface area contributed by atoms with E-state index in [0.29, 0.717) is 17.5 Å². The largest absolute Gasteiger partial charge is 0.348 e. The van der Waals surface area contributed by atoms with Crippen molar-refractivity contribution >= 4 is 28.4 Å². The number of benzene rings is 2. The van der Waals surface area contributed by atoms with Crippen LogP contribution in [0.1, 0.15) is 28.8 Å². The van der Waals surface area contributed by atoms with E-state index in [0.717, 1.165) is 29.6 Å². The molecule has 2 N–H and O–H groups in total. The van der Waals surface area contributed by atoms with Crippen LogP contribution in [-0.4, -0.2) is 23.3 Å². The molecule has 0 spiro atoms. The number of amides is 2. The van der Waals surface area contributed by atoms with E-state index in [1.165, 1.54) is 0 Å². The molecule has 0 saturated carbocycles. The topological polar surface area (TPSA) is 82.3 Å². The van der Waals surface area contributed by atoms with E-state index in [4.69, 9.17) is 0 Å². The van der Waals surface area contributed by atoms with Crippen molar-refractivity contribution in [3.8, 4) is 0 Å². The lowest BCUT2D eigenvalue weighted by molar-refractivity contribution is -0.117. The van der Waals surface area contributed by atoms with Crippen molar-refractivity contribution in [1.82, 2.24) is 10.3 Å². The van der Waals surface area contributed by atoms with Crippen molar-refractivity contribution in [2.75, 3.05) is 11.4 Å².